The van der Waals surface area contributed by atoms with Crippen LogP contribution in [0.4, 0.5) is 26.3 Å². The largest absolute Gasteiger partial charge is 0.433 e. The Balaban J connectivity index is 1.96. The van der Waals surface area contributed by atoms with Crippen LogP contribution in [0, 0.1) is 6.92 Å². The summed E-state index contributed by atoms with van der Waals surface area (Å²) in [4.78, 5) is 7.63. The molecule has 0 aliphatic heterocycles. The molecule has 162 valence electrons. The minimum atomic E-state index is -4.91. The first-order valence-electron chi connectivity index (χ1n) is 8.62. The molecule has 0 atom stereocenters. The molecule has 0 radical (unpaired) electrons. The second-order valence-corrected chi connectivity index (χ2v) is 7.49. The summed E-state index contributed by atoms with van der Waals surface area (Å²) in [6, 6.07) is 4.53. The van der Waals surface area contributed by atoms with Crippen molar-refractivity contribution in [3.05, 3.63) is 52.9 Å². The molecular formula is C18H12F6N6S. The van der Waals surface area contributed by atoms with Crippen molar-refractivity contribution in [1.82, 2.24) is 29.5 Å². The van der Waals surface area contributed by atoms with Crippen molar-refractivity contribution in [2.75, 3.05) is 0 Å². The van der Waals surface area contributed by atoms with Crippen LogP contribution in [0.15, 0.2) is 35.8 Å². The maximum atomic E-state index is 13.7. The van der Waals surface area contributed by atoms with Crippen molar-refractivity contribution in [3.63, 3.8) is 0 Å². The molecule has 0 unspecified atom stereocenters. The number of rotatable bonds is 3. The zero-order valence-electron chi connectivity index (χ0n) is 15.8. The van der Waals surface area contributed by atoms with Crippen molar-refractivity contribution in [1.29, 1.82) is 0 Å². The number of aryl methyl sites for hydroxylation is 2. The number of nitrogens with zero attached hydrogens (tertiary/aromatic N) is 6. The van der Waals surface area contributed by atoms with Gasteiger partial charge in [0.05, 0.1) is 22.0 Å². The molecule has 4 heterocycles. The van der Waals surface area contributed by atoms with Gasteiger partial charge in [-0.2, -0.15) is 41.2 Å². The van der Waals surface area contributed by atoms with E-state index in [4.69, 9.17) is 0 Å². The smallest absolute Gasteiger partial charge is 0.275 e. The fourth-order valence-corrected chi connectivity index (χ4v) is 3.63. The lowest BCUT2D eigenvalue weighted by atomic mass is 10.2. The quantitative estimate of drug-likeness (QED) is 0.399. The topological polar surface area (TPSA) is 61.4 Å². The van der Waals surface area contributed by atoms with Crippen LogP contribution in [-0.2, 0) is 19.4 Å². The van der Waals surface area contributed by atoms with Gasteiger partial charge in [0.15, 0.2) is 11.4 Å². The molecule has 0 aliphatic rings. The summed E-state index contributed by atoms with van der Waals surface area (Å²) in [5.74, 6) is -0.835. The molecule has 0 saturated heterocycles. The van der Waals surface area contributed by atoms with Crippen molar-refractivity contribution >= 4 is 11.3 Å². The maximum absolute atomic E-state index is 13.7. The lowest BCUT2D eigenvalue weighted by Crippen LogP contribution is -2.18. The lowest BCUT2D eigenvalue weighted by Gasteiger charge is -2.12. The number of thiophene rings is 1. The second-order valence-electron chi connectivity index (χ2n) is 6.54. The van der Waals surface area contributed by atoms with Gasteiger partial charge in [-0.3, -0.25) is 4.68 Å². The van der Waals surface area contributed by atoms with E-state index in [1.807, 2.05) is 0 Å². The van der Waals surface area contributed by atoms with Crippen molar-refractivity contribution in [2.45, 2.75) is 19.3 Å². The van der Waals surface area contributed by atoms with Gasteiger partial charge in [0.25, 0.3) is 5.95 Å². The summed E-state index contributed by atoms with van der Waals surface area (Å²) in [5, 5.41) is 9.57. The number of hydrogen-bond acceptors (Lipinski definition) is 5. The Labute approximate surface area is 174 Å². The number of hydrogen-bond donors (Lipinski definition) is 0. The maximum Gasteiger partial charge on any atom is 0.433 e. The SMILES string of the molecule is Cc1nn(C)cc1-c1cc(C(F)(F)F)n(-c2nc(-c3cccs3)cc(C(F)(F)F)n2)n1. The summed E-state index contributed by atoms with van der Waals surface area (Å²) < 4.78 is 83.1. The lowest BCUT2D eigenvalue weighted by molar-refractivity contribution is -0.143. The Hall–Kier alpha value is -3.22. The van der Waals surface area contributed by atoms with E-state index >= 15 is 0 Å². The van der Waals surface area contributed by atoms with E-state index in [2.05, 4.69) is 20.2 Å². The first kappa shape index (κ1) is 21.0. The molecule has 4 aromatic heterocycles. The number of alkyl halides is 6. The molecule has 6 nitrogen and oxygen atoms in total. The molecule has 0 aliphatic carbocycles. The predicted molar refractivity (Wildman–Crippen MR) is 99.4 cm³/mol. The molecule has 31 heavy (non-hydrogen) atoms. The van der Waals surface area contributed by atoms with Crippen molar-refractivity contribution in [2.24, 2.45) is 7.05 Å². The zero-order valence-corrected chi connectivity index (χ0v) is 16.6. The van der Waals surface area contributed by atoms with Crippen molar-refractivity contribution in [3.8, 4) is 27.8 Å². The molecular weight excluding hydrogens is 446 g/mol. The predicted octanol–water partition coefficient (Wildman–Crippen LogP) is 5.14. The highest BCUT2D eigenvalue weighted by Crippen LogP contribution is 2.36. The van der Waals surface area contributed by atoms with E-state index in [9.17, 15) is 26.3 Å². The van der Waals surface area contributed by atoms with E-state index in [0.29, 0.717) is 22.2 Å². The minimum absolute atomic E-state index is 0.114. The standard InChI is InChI=1S/C18H12F6N6S/c1-9-10(8-29(2)27-9)11-7-15(18(22,23)24)30(28-11)16-25-12(13-4-3-5-31-13)6-14(26-16)17(19,20)21/h3-8H,1-2H3. The Kier molecular flexibility index (Phi) is 4.87. The van der Waals surface area contributed by atoms with E-state index in [1.54, 1.807) is 25.4 Å². The normalized spacial score (nSPS) is 12.5. The van der Waals surface area contributed by atoms with Gasteiger partial charge in [-0.15, -0.1) is 11.3 Å². The third-order valence-electron chi connectivity index (χ3n) is 4.26. The number of aromatic nitrogens is 6. The van der Waals surface area contributed by atoms with Gasteiger partial charge in [0, 0.05) is 18.8 Å². The highest BCUT2D eigenvalue weighted by atomic mass is 32.1. The van der Waals surface area contributed by atoms with Gasteiger partial charge in [0.2, 0.25) is 0 Å². The summed E-state index contributed by atoms with van der Waals surface area (Å²) >= 11 is 1.10. The van der Waals surface area contributed by atoms with Crippen molar-refractivity contribution < 1.29 is 26.3 Å². The fourth-order valence-electron chi connectivity index (χ4n) is 2.94. The van der Waals surface area contributed by atoms with Crippen LogP contribution >= 0.6 is 11.3 Å². The Morgan fingerprint density at radius 1 is 0.935 bits per heavy atom. The molecule has 4 aromatic rings. The summed E-state index contributed by atoms with van der Waals surface area (Å²) in [7, 11) is 1.58. The van der Waals surface area contributed by atoms with Crippen LogP contribution in [0.3, 0.4) is 0 Å². The van der Waals surface area contributed by atoms with Gasteiger partial charge >= 0.3 is 12.4 Å². The summed E-state index contributed by atoms with van der Waals surface area (Å²) in [6.45, 7) is 1.58. The first-order chi connectivity index (χ1) is 14.4. The molecule has 0 bridgehead atoms. The van der Waals surface area contributed by atoms with Crippen LogP contribution in [0.2, 0.25) is 0 Å². The van der Waals surface area contributed by atoms with Gasteiger partial charge < -0.3 is 0 Å². The fraction of sp³-hybridized carbons (Fsp3) is 0.222. The Bertz CT molecular complexity index is 1240. The van der Waals surface area contributed by atoms with E-state index in [-0.39, 0.29) is 16.1 Å². The first-order valence-corrected chi connectivity index (χ1v) is 9.50. The highest BCUT2D eigenvalue weighted by molar-refractivity contribution is 7.13. The molecule has 0 fully saturated rings. The van der Waals surface area contributed by atoms with E-state index in [0.717, 1.165) is 17.4 Å². The van der Waals surface area contributed by atoms with Crippen LogP contribution < -0.4 is 0 Å². The van der Waals surface area contributed by atoms with Crippen LogP contribution in [0.5, 0.6) is 0 Å². The average molecular weight is 458 g/mol. The average Bonchev–Trinajstić information content (AvgIpc) is 3.39. The molecule has 4 rings (SSSR count). The molecule has 0 N–H and O–H groups in total. The second kappa shape index (κ2) is 7.18. The zero-order chi connectivity index (χ0) is 22.6. The third-order valence-corrected chi connectivity index (χ3v) is 5.15. The summed E-state index contributed by atoms with van der Waals surface area (Å²) in [5.41, 5.74) is -2.24. The van der Waals surface area contributed by atoms with Gasteiger partial charge in [-0.25, -0.2) is 9.97 Å². The Morgan fingerprint density at radius 3 is 2.23 bits per heavy atom. The van der Waals surface area contributed by atoms with Gasteiger partial charge in [-0.05, 0) is 30.5 Å². The summed E-state index contributed by atoms with van der Waals surface area (Å²) in [6.07, 6.45) is -8.34. The van der Waals surface area contributed by atoms with Crippen LogP contribution in [0.25, 0.3) is 27.8 Å². The van der Waals surface area contributed by atoms with Gasteiger partial charge in [0.1, 0.15) is 0 Å². The molecule has 0 saturated carbocycles. The molecule has 0 spiro atoms. The minimum Gasteiger partial charge on any atom is -0.275 e. The third kappa shape index (κ3) is 4.04. The molecule has 0 amide bonds. The van der Waals surface area contributed by atoms with Gasteiger partial charge in [-0.1, -0.05) is 6.07 Å². The van der Waals surface area contributed by atoms with E-state index in [1.165, 1.54) is 16.9 Å². The van der Waals surface area contributed by atoms with Crippen LogP contribution in [0.1, 0.15) is 17.1 Å². The number of halogens is 6. The monoisotopic (exact) mass is 458 g/mol. The molecule has 13 heteroatoms. The Morgan fingerprint density at radius 2 is 1.68 bits per heavy atom. The van der Waals surface area contributed by atoms with E-state index < -0.39 is 29.7 Å². The van der Waals surface area contributed by atoms with Crippen LogP contribution in [-0.4, -0.2) is 29.5 Å². The highest BCUT2D eigenvalue weighted by Gasteiger charge is 2.39. The molecule has 0 aromatic carbocycles.